The first kappa shape index (κ1) is 14.7. The number of benzene rings is 1. The number of hydrogen-bond acceptors (Lipinski definition) is 4. The lowest BCUT2D eigenvalue weighted by Gasteiger charge is -2.31. The molecule has 1 atom stereocenters. The Balaban J connectivity index is 1.62. The number of carbonyl (C=O) groups is 1. The highest BCUT2D eigenvalue weighted by Gasteiger charge is 2.26. The summed E-state index contributed by atoms with van der Waals surface area (Å²) in [5.74, 6) is 0.926. The van der Waals surface area contributed by atoms with Gasteiger partial charge in [0.05, 0.1) is 19.1 Å². The van der Waals surface area contributed by atoms with Crippen molar-refractivity contribution in [1.82, 2.24) is 19.7 Å². The summed E-state index contributed by atoms with van der Waals surface area (Å²) in [5.41, 5.74) is 2.11. The molecule has 0 unspecified atom stereocenters. The van der Waals surface area contributed by atoms with E-state index in [0.717, 1.165) is 31.0 Å². The second-order valence-electron chi connectivity index (χ2n) is 5.59. The highest BCUT2D eigenvalue weighted by molar-refractivity contribution is 5.94. The third-order valence-corrected chi connectivity index (χ3v) is 4.20. The van der Waals surface area contributed by atoms with E-state index in [4.69, 9.17) is 0 Å². The van der Waals surface area contributed by atoms with Crippen LogP contribution in [0.15, 0.2) is 30.6 Å². The quantitative estimate of drug-likeness (QED) is 0.933. The van der Waals surface area contributed by atoms with Crippen LogP contribution in [0.2, 0.25) is 0 Å². The van der Waals surface area contributed by atoms with E-state index in [0.29, 0.717) is 6.54 Å². The summed E-state index contributed by atoms with van der Waals surface area (Å²) in [6.45, 7) is 6.29. The number of nitrogens with one attached hydrogen (secondary N) is 1. The van der Waals surface area contributed by atoms with Gasteiger partial charge in [-0.3, -0.25) is 9.69 Å². The number of rotatable bonds is 4. The lowest BCUT2D eigenvalue weighted by molar-refractivity contribution is -0.121. The molecular weight excluding hydrogens is 278 g/mol. The third kappa shape index (κ3) is 3.01. The van der Waals surface area contributed by atoms with Crippen LogP contribution < -0.4 is 5.32 Å². The smallest absolute Gasteiger partial charge is 0.241 e. The molecule has 1 aliphatic heterocycles. The average Bonchev–Trinajstić information content (AvgIpc) is 3.02. The fourth-order valence-electron chi connectivity index (χ4n) is 2.65. The molecule has 3 rings (SSSR count). The number of hydrogen-bond donors (Lipinski definition) is 1. The Labute approximate surface area is 130 Å². The molecule has 2 aromatic rings. The lowest BCUT2D eigenvalue weighted by Crippen LogP contribution is -2.46. The molecule has 6 heteroatoms. The molecule has 1 N–H and O–H groups in total. The van der Waals surface area contributed by atoms with Crippen LogP contribution >= 0.6 is 0 Å². The van der Waals surface area contributed by atoms with Gasteiger partial charge in [-0.05, 0) is 31.0 Å². The number of nitrogens with zero attached hydrogens (tertiary/aromatic N) is 4. The molecule has 0 saturated carbocycles. The fraction of sp³-hybridized carbons (Fsp3) is 0.438. The normalized spacial score (nSPS) is 16.1. The van der Waals surface area contributed by atoms with Crippen LogP contribution in [0.4, 0.5) is 5.69 Å². The van der Waals surface area contributed by atoms with Gasteiger partial charge in [-0.1, -0.05) is 19.1 Å². The zero-order valence-electron chi connectivity index (χ0n) is 13.0. The lowest BCUT2D eigenvalue weighted by atomic mass is 10.1. The number of aryl methyl sites for hydroxylation is 1. The maximum absolute atomic E-state index is 12.4. The van der Waals surface area contributed by atoms with Gasteiger partial charge in [0.2, 0.25) is 5.91 Å². The zero-order chi connectivity index (χ0) is 15.5. The topological polar surface area (TPSA) is 63.1 Å². The van der Waals surface area contributed by atoms with Crippen LogP contribution in [0.25, 0.3) is 0 Å². The van der Waals surface area contributed by atoms with Crippen LogP contribution in [0.5, 0.6) is 0 Å². The van der Waals surface area contributed by atoms with Crippen molar-refractivity contribution in [3.63, 3.8) is 0 Å². The van der Waals surface area contributed by atoms with Crippen molar-refractivity contribution in [3.05, 3.63) is 42.0 Å². The predicted molar refractivity (Wildman–Crippen MR) is 84.3 cm³/mol. The summed E-state index contributed by atoms with van der Waals surface area (Å²) in [7, 11) is 0. The summed E-state index contributed by atoms with van der Waals surface area (Å²) in [6, 6.07) is 7.80. The fourth-order valence-corrected chi connectivity index (χ4v) is 2.65. The summed E-state index contributed by atoms with van der Waals surface area (Å²) in [5, 5.41) is 7.14. The molecule has 1 aromatic heterocycles. The van der Waals surface area contributed by atoms with E-state index in [2.05, 4.69) is 27.2 Å². The SMILES string of the molecule is CCc1ccc(NC(=O)[C@@H](C)N2CCn3ncnc3C2)cc1. The monoisotopic (exact) mass is 299 g/mol. The molecule has 0 radical (unpaired) electrons. The summed E-state index contributed by atoms with van der Waals surface area (Å²) < 4.78 is 1.89. The highest BCUT2D eigenvalue weighted by Crippen LogP contribution is 2.15. The average molecular weight is 299 g/mol. The van der Waals surface area contributed by atoms with Crippen molar-refractivity contribution in [2.45, 2.75) is 39.4 Å². The zero-order valence-corrected chi connectivity index (χ0v) is 13.0. The van der Waals surface area contributed by atoms with E-state index >= 15 is 0 Å². The van der Waals surface area contributed by atoms with Gasteiger partial charge >= 0.3 is 0 Å². The van der Waals surface area contributed by atoms with Crippen molar-refractivity contribution in [1.29, 1.82) is 0 Å². The van der Waals surface area contributed by atoms with Crippen LogP contribution in [0, 0.1) is 0 Å². The first-order valence-electron chi connectivity index (χ1n) is 7.68. The second-order valence-corrected chi connectivity index (χ2v) is 5.59. The maximum atomic E-state index is 12.4. The maximum Gasteiger partial charge on any atom is 0.241 e. The van der Waals surface area contributed by atoms with Gasteiger partial charge in [-0.2, -0.15) is 5.10 Å². The Hall–Kier alpha value is -2.21. The Morgan fingerprint density at radius 2 is 2.09 bits per heavy atom. The van der Waals surface area contributed by atoms with Crippen molar-refractivity contribution < 1.29 is 4.79 Å². The number of amides is 1. The van der Waals surface area contributed by atoms with Gasteiger partial charge < -0.3 is 5.32 Å². The van der Waals surface area contributed by atoms with E-state index in [-0.39, 0.29) is 11.9 Å². The van der Waals surface area contributed by atoms with Gasteiger partial charge in [-0.25, -0.2) is 9.67 Å². The van der Waals surface area contributed by atoms with Gasteiger partial charge in [0.25, 0.3) is 0 Å². The van der Waals surface area contributed by atoms with Crippen molar-refractivity contribution in [2.24, 2.45) is 0 Å². The summed E-state index contributed by atoms with van der Waals surface area (Å²) >= 11 is 0. The van der Waals surface area contributed by atoms with Crippen LogP contribution in [-0.4, -0.2) is 38.2 Å². The molecule has 1 amide bonds. The third-order valence-electron chi connectivity index (χ3n) is 4.20. The molecule has 0 fully saturated rings. The Bertz CT molecular complexity index is 649. The molecule has 0 bridgehead atoms. The highest BCUT2D eigenvalue weighted by atomic mass is 16.2. The molecule has 1 aromatic carbocycles. The van der Waals surface area contributed by atoms with Gasteiger partial charge in [0.15, 0.2) is 0 Å². The Morgan fingerprint density at radius 1 is 1.32 bits per heavy atom. The summed E-state index contributed by atoms with van der Waals surface area (Å²) in [6.07, 6.45) is 2.57. The van der Waals surface area contributed by atoms with Crippen LogP contribution in [0.3, 0.4) is 0 Å². The van der Waals surface area contributed by atoms with E-state index in [9.17, 15) is 4.79 Å². The molecule has 2 heterocycles. The van der Waals surface area contributed by atoms with Crippen molar-refractivity contribution >= 4 is 11.6 Å². The molecule has 22 heavy (non-hydrogen) atoms. The van der Waals surface area contributed by atoms with E-state index in [1.165, 1.54) is 5.56 Å². The molecule has 0 saturated heterocycles. The molecule has 116 valence electrons. The summed E-state index contributed by atoms with van der Waals surface area (Å²) in [4.78, 5) is 18.8. The van der Waals surface area contributed by atoms with E-state index < -0.39 is 0 Å². The van der Waals surface area contributed by atoms with E-state index in [1.54, 1.807) is 6.33 Å². The first-order chi connectivity index (χ1) is 10.7. The number of carbonyl (C=O) groups excluding carboxylic acids is 1. The largest absolute Gasteiger partial charge is 0.325 e. The van der Waals surface area contributed by atoms with Crippen LogP contribution in [0.1, 0.15) is 25.2 Å². The van der Waals surface area contributed by atoms with Crippen LogP contribution in [-0.2, 0) is 24.3 Å². The van der Waals surface area contributed by atoms with Crippen molar-refractivity contribution in [2.75, 3.05) is 11.9 Å². The number of fused-ring (bicyclic) bond motifs is 1. The van der Waals surface area contributed by atoms with Crippen molar-refractivity contribution in [3.8, 4) is 0 Å². The van der Waals surface area contributed by atoms with E-state index in [1.807, 2.05) is 35.9 Å². The first-order valence-corrected chi connectivity index (χ1v) is 7.68. The molecule has 1 aliphatic rings. The number of aromatic nitrogens is 3. The number of anilines is 1. The second kappa shape index (κ2) is 6.27. The Kier molecular flexibility index (Phi) is 4.20. The molecule has 0 spiro atoms. The minimum absolute atomic E-state index is 0.0113. The standard InChI is InChI=1S/C16H21N5O/c1-3-13-4-6-14(7-5-13)19-16(22)12(2)20-8-9-21-15(10-20)17-11-18-21/h4-7,11-12H,3,8-10H2,1-2H3,(H,19,22)/t12-/m1/s1. The molecule has 6 nitrogen and oxygen atoms in total. The van der Waals surface area contributed by atoms with Gasteiger partial charge in [0, 0.05) is 12.2 Å². The minimum atomic E-state index is -0.198. The molecular formula is C16H21N5O. The van der Waals surface area contributed by atoms with Gasteiger partial charge in [-0.15, -0.1) is 0 Å². The Morgan fingerprint density at radius 3 is 2.82 bits per heavy atom. The predicted octanol–water partition coefficient (Wildman–Crippen LogP) is 1.68. The van der Waals surface area contributed by atoms with Gasteiger partial charge in [0.1, 0.15) is 12.2 Å². The minimum Gasteiger partial charge on any atom is -0.325 e. The molecule has 0 aliphatic carbocycles.